The number of carbonyl (C=O) groups is 1. The normalized spacial score (nSPS) is 19.8. The summed E-state index contributed by atoms with van der Waals surface area (Å²) in [5.74, 6) is 0.662. The molecule has 2 aromatic rings. The lowest BCUT2D eigenvalue weighted by Crippen LogP contribution is -2.37. The number of urea groups is 1. The highest BCUT2D eigenvalue weighted by atomic mass is 32.2. The second kappa shape index (κ2) is 9.16. The van der Waals surface area contributed by atoms with Gasteiger partial charge in [0.1, 0.15) is 0 Å². The maximum Gasteiger partial charge on any atom is 0.319 e. The number of nitrogens with zero attached hydrogens (tertiary/aromatic N) is 1. The van der Waals surface area contributed by atoms with Crippen molar-refractivity contribution in [1.82, 2.24) is 15.0 Å². The molecule has 0 bridgehead atoms. The van der Waals surface area contributed by atoms with Crippen molar-refractivity contribution >= 4 is 21.7 Å². The molecule has 0 unspecified atom stereocenters. The molecule has 1 fully saturated rings. The van der Waals surface area contributed by atoms with Gasteiger partial charge in [0.15, 0.2) is 0 Å². The van der Waals surface area contributed by atoms with Gasteiger partial charge in [-0.1, -0.05) is 13.0 Å². The van der Waals surface area contributed by atoms with Crippen molar-refractivity contribution in [3.63, 3.8) is 0 Å². The Morgan fingerprint density at radius 2 is 1.82 bits per heavy atom. The number of hydrogen-bond acceptors (Lipinski definition) is 4. The fourth-order valence-electron chi connectivity index (χ4n) is 3.24. The number of sulfonamides is 1. The van der Waals surface area contributed by atoms with Crippen molar-refractivity contribution in [3.05, 3.63) is 54.4 Å². The van der Waals surface area contributed by atoms with Gasteiger partial charge in [-0.2, -0.15) is 0 Å². The van der Waals surface area contributed by atoms with Gasteiger partial charge in [-0.15, -0.1) is 0 Å². The zero-order valence-electron chi connectivity index (χ0n) is 15.9. The summed E-state index contributed by atoms with van der Waals surface area (Å²) in [5, 5.41) is 5.42. The maximum absolute atomic E-state index is 12.6. The number of carbonyl (C=O) groups excluding carboxylic acids is 1. The Morgan fingerprint density at radius 3 is 2.46 bits per heavy atom. The maximum atomic E-state index is 12.6. The second-order valence-corrected chi connectivity index (χ2v) is 8.99. The molecule has 28 heavy (non-hydrogen) atoms. The largest absolute Gasteiger partial charge is 0.334 e. The summed E-state index contributed by atoms with van der Waals surface area (Å²) >= 11 is 0. The summed E-state index contributed by atoms with van der Waals surface area (Å²) in [7, 11) is -3.55. The Labute approximate surface area is 166 Å². The van der Waals surface area contributed by atoms with Crippen molar-refractivity contribution < 1.29 is 13.2 Å². The molecule has 2 amide bonds. The third-order valence-corrected chi connectivity index (χ3v) is 6.47. The highest BCUT2D eigenvalue weighted by molar-refractivity contribution is 7.89. The van der Waals surface area contributed by atoms with Crippen molar-refractivity contribution in [2.24, 2.45) is 5.92 Å². The summed E-state index contributed by atoms with van der Waals surface area (Å²) < 4.78 is 27.9. The molecule has 1 aliphatic rings. The Morgan fingerprint density at radius 1 is 1.11 bits per heavy atom. The molecule has 3 N–H and O–H groups in total. The third kappa shape index (κ3) is 5.77. The van der Waals surface area contributed by atoms with Gasteiger partial charge in [0, 0.05) is 30.7 Å². The summed E-state index contributed by atoms with van der Waals surface area (Å²) in [5.41, 5.74) is 1.41. The molecule has 1 aromatic heterocycles. The van der Waals surface area contributed by atoms with Crippen molar-refractivity contribution in [1.29, 1.82) is 0 Å². The van der Waals surface area contributed by atoms with Crippen LogP contribution in [0, 0.1) is 5.92 Å². The molecular formula is C20H26N4O3S. The number of nitrogens with one attached hydrogen (secondary N) is 3. The van der Waals surface area contributed by atoms with Crippen molar-refractivity contribution in [3.8, 4) is 0 Å². The average Bonchev–Trinajstić information content (AvgIpc) is 2.69. The van der Waals surface area contributed by atoms with Gasteiger partial charge in [-0.3, -0.25) is 4.98 Å². The first-order chi connectivity index (χ1) is 13.4. The monoisotopic (exact) mass is 402 g/mol. The van der Waals surface area contributed by atoms with E-state index in [-0.39, 0.29) is 17.0 Å². The van der Waals surface area contributed by atoms with Gasteiger partial charge in [-0.05, 0) is 67.5 Å². The van der Waals surface area contributed by atoms with Crippen LogP contribution in [0.2, 0.25) is 0 Å². The molecule has 1 saturated carbocycles. The lowest BCUT2D eigenvalue weighted by atomic mass is 9.88. The first-order valence-corrected chi connectivity index (χ1v) is 11.0. The van der Waals surface area contributed by atoms with Gasteiger partial charge in [0.25, 0.3) is 0 Å². The SMILES string of the molecule is CC1CCC(NS(=O)(=O)c2ccc(NC(=O)NCc3cccnc3)cc2)CC1. The number of hydrogen-bond donors (Lipinski definition) is 3. The van der Waals surface area contributed by atoms with Crippen LogP contribution in [0.5, 0.6) is 0 Å². The molecule has 8 heteroatoms. The predicted octanol–water partition coefficient (Wildman–Crippen LogP) is 3.26. The van der Waals surface area contributed by atoms with Gasteiger partial charge < -0.3 is 10.6 Å². The van der Waals surface area contributed by atoms with E-state index in [1.165, 1.54) is 12.1 Å². The van der Waals surface area contributed by atoms with Crippen LogP contribution < -0.4 is 15.4 Å². The smallest absolute Gasteiger partial charge is 0.319 e. The molecule has 150 valence electrons. The molecule has 0 saturated heterocycles. The Balaban J connectivity index is 1.53. The minimum atomic E-state index is -3.55. The van der Waals surface area contributed by atoms with E-state index in [1.54, 1.807) is 30.6 Å². The van der Waals surface area contributed by atoms with Crippen LogP contribution in [0.3, 0.4) is 0 Å². The Bertz CT molecular complexity index is 877. The molecule has 1 heterocycles. The van der Waals surface area contributed by atoms with Gasteiger partial charge in [0.05, 0.1) is 4.90 Å². The van der Waals surface area contributed by atoms with Gasteiger partial charge in [-0.25, -0.2) is 17.9 Å². The molecule has 3 rings (SSSR count). The number of pyridine rings is 1. The molecular weight excluding hydrogens is 376 g/mol. The second-order valence-electron chi connectivity index (χ2n) is 7.27. The highest BCUT2D eigenvalue weighted by Crippen LogP contribution is 2.25. The fraction of sp³-hybridized carbons (Fsp3) is 0.400. The van der Waals surface area contributed by atoms with Crippen LogP contribution in [-0.4, -0.2) is 25.5 Å². The fourth-order valence-corrected chi connectivity index (χ4v) is 4.55. The minimum absolute atomic E-state index is 0.00254. The van der Waals surface area contributed by atoms with E-state index in [1.807, 2.05) is 6.07 Å². The summed E-state index contributed by atoms with van der Waals surface area (Å²) in [6.07, 6.45) is 7.19. The van der Waals surface area contributed by atoms with E-state index in [9.17, 15) is 13.2 Å². The molecule has 0 radical (unpaired) electrons. The van der Waals surface area contributed by atoms with Crippen LogP contribution in [0.4, 0.5) is 10.5 Å². The van der Waals surface area contributed by atoms with Crippen LogP contribution >= 0.6 is 0 Å². The average molecular weight is 403 g/mol. The molecule has 0 atom stereocenters. The summed E-state index contributed by atoms with van der Waals surface area (Å²) in [4.78, 5) is 16.2. The van der Waals surface area contributed by atoms with E-state index < -0.39 is 10.0 Å². The number of rotatable bonds is 6. The van der Waals surface area contributed by atoms with E-state index in [4.69, 9.17) is 0 Å². The number of anilines is 1. The number of amides is 2. The molecule has 1 aromatic carbocycles. The lowest BCUT2D eigenvalue weighted by Gasteiger charge is -2.26. The van der Waals surface area contributed by atoms with E-state index in [2.05, 4.69) is 27.3 Å². The first-order valence-electron chi connectivity index (χ1n) is 9.48. The number of benzene rings is 1. The highest BCUT2D eigenvalue weighted by Gasteiger charge is 2.24. The molecule has 1 aliphatic carbocycles. The zero-order valence-corrected chi connectivity index (χ0v) is 16.7. The number of aromatic nitrogens is 1. The first kappa shape index (κ1) is 20.3. The van der Waals surface area contributed by atoms with Gasteiger partial charge >= 0.3 is 6.03 Å². The van der Waals surface area contributed by atoms with E-state index in [0.29, 0.717) is 18.2 Å². The standard InChI is InChI=1S/C20H26N4O3S/c1-15-4-6-18(7-5-15)24-28(26,27)19-10-8-17(9-11-19)23-20(25)22-14-16-3-2-12-21-13-16/h2-3,8-13,15,18,24H,4-7,14H2,1H3,(H2,22,23,25). The summed E-state index contributed by atoms with van der Waals surface area (Å²) in [6.45, 7) is 2.55. The minimum Gasteiger partial charge on any atom is -0.334 e. The lowest BCUT2D eigenvalue weighted by molar-refractivity contribution is 0.251. The molecule has 7 nitrogen and oxygen atoms in total. The molecule has 0 aliphatic heterocycles. The van der Waals surface area contributed by atoms with Crippen LogP contribution in [0.1, 0.15) is 38.2 Å². The van der Waals surface area contributed by atoms with Crippen LogP contribution in [0.15, 0.2) is 53.7 Å². The van der Waals surface area contributed by atoms with Crippen LogP contribution in [0.25, 0.3) is 0 Å². The quantitative estimate of drug-likeness (QED) is 0.690. The third-order valence-electron chi connectivity index (χ3n) is 4.94. The zero-order chi connectivity index (χ0) is 20.0. The van der Waals surface area contributed by atoms with E-state index in [0.717, 1.165) is 31.2 Å². The van der Waals surface area contributed by atoms with Gasteiger partial charge in [0.2, 0.25) is 10.0 Å². The van der Waals surface area contributed by atoms with Crippen LogP contribution in [-0.2, 0) is 16.6 Å². The summed E-state index contributed by atoms with van der Waals surface area (Å²) in [6, 6.07) is 9.48. The predicted molar refractivity (Wildman–Crippen MR) is 108 cm³/mol. The van der Waals surface area contributed by atoms with Crippen molar-refractivity contribution in [2.75, 3.05) is 5.32 Å². The van der Waals surface area contributed by atoms with E-state index >= 15 is 0 Å². The Kier molecular flexibility index (Phi) is 6.64. The topological polar surface area (TPSA) is 100 Å². The molecule has 0 spiro atoms. The Hall–Kier alpha value is -2.45. The van der Waals surface area contributed by atoms with Crippen molar-refractivity contribution in [2.45, 2.75) is 50.1 Å².